The number of rotatable bonds is 2. The van der Waals surface area contributed by atoms with Crippen LogP contribution < -0.4 is 0 Å². The molecule has 5 nitrogen and oxygen atoms in total. The molecule has 2 rings (SSSR count). The molecule has 2 aliphatic rings. The van der Waals surface area contributed by atoms with Crippen molar-refractivity contribution in [3.63, 3.8) is 0 Å². The molecule has 19 heavy (non-hydrogen) atoms. The second-order valence-corrected chi connectivity index (χ2v) is 6.49. The number of nitrogens with zero attached hydrogens (tertiary/aromatic N) is 1. The molecule has 0 spiro atoms. The molecule has 0 aromatic heterocycles. The third-order valence-electron chi connectivity index (χ3n) is 2.85. The monoisotopic (exact) mass is 323 g/mol. The van der Waals surface area contributed by atoms with E-state index in [9.17, 15) is 9.59 Å². The lowest BCUT2D eigenvalue weighted by Gasteiger charge is -2.21. The van der Waals surface area contributed by atoms with E-state index in [1.807, 2.05) is 0 Å². The Morgan fingerprint density at radius 1 is 1.26 bits per heavy atom. The number of halogens is 2. The van der Waals surface area contributed by atoms with Crippen molar-refractivity contribution in [2.75, 3.05) is 14.2 Å². The zero-order valence-corrected chi connectivity index (χ0v) is 12.5. The van der Waals surface area contributed by atoms with Crippen molar-refractivity contribution in [1.82, 2.24) is 0 Å². The average molecular weight is 324 g/mol. The lowest BCUT2D eigenvalue weighted by atomic mass is 10.00. The quantitative estimate of drug-likeness (QED) is 0.567. The van der Waals surface area contributed by atoms with Crippen LogP contribution in [0.5, 0.6) is 0 Å². The molecule has 0 aromatic carbocycles. The van der Waals surface area contributed by atoms with Crippen molar-refractivity contribution in [2.45, 2.75) is 21.4 Å². The lowest BCUT2D eigenvalue weighted by Crippen LogP contribution is -2.35. The van der Waals surface area contributed by atoms with Crippen LogP contribution in [0, 0.1) is 0 Å². The fraction of sp³-hybridized carbons (Fsp3) is 0.545. The maximum absolute atomic E-state index is 11.7. The maximum atomic E-state index is 11.7. The molecule has 4 atom stereocenters. The largest absolute Gasteiger partial charge is 0.465 e. The molecule has 2 heterocycles. The van der Waals surface area contributed by atoms with E-state index in [1.54, 1.807) is 6.08 Å². The molecule has 0 amide bonds. The number of carbonyl (C=O) groups is 2. The first-order valence-electron chi connectivity index (χ1n) is 5.39. The Balaban J connectivity index is 2.40. The summed E-state index contributed by atoms with van der Waals surface area (Å²) in [5.41, 5.74) is 0.0327. The topological polar surface area (TPSA) is 65.0 Å². The molecule has 104 valence electrons. The van der Waals surface area contributed by atoms with Crippen molar-refractivity contribution in [3.8, 4) is 0 Å². The zero-order valence-electron chi connectivity index (χ0n) is 10.1. The highest BCUT2D eigenvalue weighted by atomic mass is 35.5. The first-order valence-corrected chi connectivity index (χ1v) is 7.21. The highest BCUT2D eigenvalue weighted by Gasteiger charge is 2.45. The van der Waals surface area contributed by atoms with Crippen LogP contribution in [0.25, 0.3) is 0 Å². The number of hydrogen-bond donors (Lipinski definition) is 0. The maximum Gasteiger partial charge on any atom is 0.357 e. The van der Waals surface area contributed by atoms with E-state index in [-0.39, 0.29) is 27.3 Å². The molecule has 0 N–H and O–H groups in total. The Morgan fingerprint density at radius 3 is 2.47 bits per heavy atom. The van der Waals surface area contributed by atoms with Crippen molar-refractivity contribution in [2.24, 2.45) is 4.99 Å². The van der Waals surface area contributed by atoms with Crippen LogP contribution in [0.2, 0.25) is 0 Å². The zero-order chi connectivity index (χ0) is 14.2. The van der Waals surface area contributed by atoms with Gasteiger partial charge in [0.15, 0.2) is 5.71 Å². The van der Waals surface area contributed by atoms with Crippen LogP contribution in [-0.2, 0) is 19.1 Å². The third-order valence-corrected chi connectivity index (χ3v) is 5.50. The van der Waals surface area contributed by atoms with Gasteiger partial charge >= 0.3 is 11.9 Å². The van der Waals surface area contributed by atoms with Crippen LogP contribution in [0.1, 0.15) is 0 Å². The van der Waals surface area contributed by atoms with Gasteiger partial charge < -0.3 is 9.47 Å². The number of fused-ring (bicyclic) bond motifs is 1. The highest BCUT2D eigenvalue weighted by Crippen LogP contribution is 2.44. The normalized spacial score (nSPS) is 33.1. The van der Waals surface area contributed by atoms with Gasteiger partial charge in [0.2, 0.25) is 0 Å². The third kappa shape index (κ3) is 2.61. The summed E-state index contributed by atoms with van der Waals surface area (Å²) in [5.74, 6) is -1.32. The van der Waals surface area contributed by atoms with E-state index >= 15 is 0 Å². The van der Waals surface area contributed by atoms with E-state index in [4.69, 9.17) is 23.2 Å². The van der Waals surface area contributed by atoms with Crippen LogP contribution in [0.15, 0.2) is 16.6 Å². The van der Waals surface area contributed by atoms with Crippen LogP contribution >= 0.6 is 35.0 Å². The lowest BCUT2D eigenvalue weighted by molar-refractivity contribution is -0.137. The second-order valence-electron chi connectivity index (χ2n) is 3.93. The van der Waals surface area contributed by atoms with E-state index in [0.717, 1.165) is 0 Å². The number of alkyl halides is 2. The van der Waals surface area contributed by atoms with Crippen LogP contribution in [0.3, 0.4) is 0 Å². The number of ether oxygens (including phenoxy) is 2. The fourth-order valence-corrected chi connectivity index (χ4v) is 4.12. The number of thioether (sulfide) groups is 1. The molecular formula is C11H11Cl2NO4S. The predicted octanol–water partition coefficient (Wildman–Crippen LogP) is 1.37. The summed E-state index contributed by atoms with van der Waals surface area (Å²) < 4.78 is 8.94. The number of dihydropyridines is 1. The Labute approximate surface area is 124 Å². The van der Waals surface area contributed by atoms with Gasteiger partial charge in [-0.3, -0.25) is 4.99 Å². The van der Waals surface area contributed by atoms with Crippen molar-refractivity contribution >= 4 is 52.6 Å². The van der Waals surface area contributed by atoms with E-state index < -0.39 is 17.3 Å². The average Bonchev–Trinajstić information content (AvgIpc) is 2.70. The summed E-state index contributed by atoms with van der Waals surface area (Å²) in [6.07, 6.45) is 1.62. The minimum Gasteiger partial charge on any atom is -0.465 e. The molecule has 0 saturated carbocycles. The fourth-order valence-electron chi connectivity index (χ4n) is 1.92. The molecule has 0 bridgehead atoms. The number of carbonyl (C=O) groups excluding carboxylic acids is 2. The summed E-state index contributed by atoms with van der Waals surface area (Å²) in [4.78, 5) is 27.6. The molecule has 0 radical (unpaired) electrons. The van der Waals surface area contributed by atoms with Crippen LogP contribution in [0.4, 0.5) is 0 Å². The predicted molar refractivity (Wildman–Crippen MR) is 74.0 cm³/mol. The first kappa shape index (κ1) is 14.7. The summed E-state index contributed by atoms with van der Waals surface area (Å²) in [7, 11) is 2.46. The van der Waals surface area contributed by atoms with Gasteiger partial charge in [-0.15, -0.1) is 35.0 Å². The van der Waals surface area contributed by atoms with Gasteiger partial charge in [-0.1, -0.05) is 6.08 Å². The molecule has 0 aromatic rings. The van der Waals surface area contributed by atoms with Gasteiger partial charge in [0.25, 0.3) is 0 Å². The van der Waals surface area contributed by atoms with E-state index in [0.29, 0.717) is 0 Å². The molecule has 1 saturated heterocycles. The highest BCUT2D eigenvalue weighted by molar-refractivity contribution is 8.02. The molecular weight excluding hydrogens is 313 g/mol. The summed E-state index contributed by atoms with van der Waals surface area (Å²) in [5, 5.41) is -0.556. The van der Waals surface area contributed by atoms with Gasteiger partial charge in [-0.05, 0) is 0 Å². The van der Waals surface area contributed by atoms with Crippen molar-refractivity contribution in [3.05, 3.63) is 11.6 Å². The Morgan fingerprint density at radius 2 is 1.89 bits per heavy atom. The van der Waals surface area contributed by atoms with Gasteiger partial charge in [0, 0.05) is 5.25 Å². The minimum atomic E-state index is -0.693. The van der Waals surface area contributed by atoms with Gasteiger partial charge in [-0.25, -0.2) is 9.59 Å². The van der Waals surface area contributed by atoms with Gasteiger partial charge in [0.1, 0.15) is 0 Å². The Kier molecular flexibility index (Phi) is 4.43. The number of hydrogen-bond acceptors (Lipinski definition) is 6. The Bertz CT molecular complexity index is 479. The Hall–Kier alpha value is -0.720. The summed E-state index contributed by atoms with van der Waals surface area (Å²) in [6.45, 7) is 0. The SMILES string of the molecule is COC(=O)C1=CC2SC(Cl)C(Cl)C2N=C1C(=O)OC. The molecule has 2 aliphatic heterocycles. The second kappa shape index (κ2) is 5.73. The first-order chi connectivity index (χ1) is 8.99. The number of esters is 2. The smallest absolute Gasteiger partial charge is 0.357 e. The summed E-state index contributed by atoms with van der Waals surface area (Å²) in [6, 6.07) is -0.350. The summed E-state index contributed by atoms with van der Waals surface area (Å²) >= 11 is 13.6. The van der Waals surface area contributed by atoms with Crippen molar-refractivity contribution in [1.29, 1.82) is 0 Å². The van der Waals surface area contributed by atoms with Gasteiger partial charge in [-0.2, -0.15) is 0 Å². The molecule has 4 unspecified atom stereocenters. The van der Waals surface area contributed by atoms with Crippen LogP contribution in [-0.4, -0.2) is 53.2 Å². The number of aliphatic imine (C=N–C) groups is 1. The standard InChI is InChI=1S/C11H11Cl2NO4S/c1-17-10(15)4-3-5-8(6(12)9(13)19-5)14-7(4)11(16)18-2/h3,5-6,8-9H,1-2H3. The van der Waals surface area contributed by atoms with E-state index in [1.165, 1.54) is 26.0 Å². The molecule has 1 fully saturated rings. The minimum absolute atomic E-state index is 0.0624. The van der Waals surface area contributed by atoms with Crippen molar-refractivity contribution < 1.29 is 19.1 Å². The van der Waals surface area contributed by atoms with Gasteiger partial charge in [0.05, 0.1) is 35.9 Å². The molecule has 8 heteroatoms. The molecule has 0 aliphatic carbocycles. The van der Waals surface area contributed by atoms with E-state index in [2.05, 4.69) is 14.5 Å². The number of methoxy groups -OCH3 is 2.